The van der Waals surface area contributed by atoms with E-state index in [1.807, 2.05) is 0 Å². The Labute approximate surface area is 428 Å². The predicted octanol–water partition coefficient (Wildman–Crippen LogP) is -2.73. The minimum atomic E-state index is -2.22. The molecule has 11 N–H and O–H groups in total. The first kappa shape index (κ1) is 57.2. The van der Waals surface area contributed by atoms with Gasteiger partial charge in [0.15, 0.2) is 31.1 Å². The van der Waals surface area contributed by atoms with Crippen LogP contribution in [0.5, 0.6) is 11.5 Å². The lowest BCUT2D eigenvalue weighted by Gasteiger charge is -2.50. The van der Waals surface area contributed by atoms with Crippen molar-refractivity contribution in [2.24, 2.45) is 0 Å². The van der Waals surface area contributed by atoms with Crippen LogP contribution in [0.15, 0.2) is 84.9 Å². The minimum Gasteiger partial charge on any atom is -0.497 e. The zero-order valence-corrected chi connectivity index (χ0v) is 40.6. The highest BCUT2D eigenvalue weighted by Gasteiger charge is 2.58. The molecule has 0 spiro atoms. The highest BCUT2D eigenvalue weighted by Crippen LogP contribution is 2.37. The smallest absolute Gasteiger partial charge is 0.335 e. The van der Waals surface area contributed by atoms with Crippen LogP contribution in [0.1, 0.15) is 25.0 Å². The van der Waals surface area contributed by atoms with E-state index in [-0.39, 0.29) is 19.0 Å². The summed E-state index contributed by atoms with van der Waals surface area (Å²) in [5.41, 5.74) is 1.09. The zero-order valence-electron chi connectivity index (χ0n) is 40.6. The fourth-order valence-electron chi connectivity index (χ4n) is 9.07. The third-order valence-corrected chi connectivity index (χ3v) is 12.8. The van der Waals surface area contributed by atoms with Gasteiger partial charge in [0.1, 0.15) is 96.8 Å². The highest BCUT2D eigenvalue weighted by atomic mass is 16.8. The van der Waals surface area contributed by atoms with Crippen molar-refractivity contribution in [1.82, 2.24) is 10.6 Å². The summed E-state index contributed by atoms with van der Waals surface area (Å²) in [4.78, 5) is 51.4. The monoisotopic (exact) mass is 1060 g/mol. The molecular formula is C49H62N2O24. The Balaban J connectivity index is 1.20. The number of carbonyl (C=O) groups is 4. The molecule has 412 valence electrons. The summed E-state index contributed by atoms with van der Waals surface area (Å²) in [7, 11) is 1.45. The summed E-state index contributed by atoms with van der Waals surface area (Å²) in [5.74, 6) is -4.29. The Kier molecular flexibility index (Phi) is 19.9. The lowest BCUT2D eigenvalue weighted by Crippen LogP contribution is -2.71. The SMILES string of the molecule is COc1ccc(O[C@@H]2O[C@H](CO)[C@H](O)[C@H](O[C@@H]3O[C@H](C(=O)O)[C@@H](O[C@@H]4O[C@H](CO)[C@H](O)[C@H](O[C@@H]5O[C@@H](C(=O)O)[C@@H](O)[C@H](OCc6ccccc6)[C@H]5O)[C@H]4NC(C)=O)[C@H](OCc4ccccc4)[C@H]3O)[C@H]2NC(C)=O)cc1. The van der Waals surface area contributed by atoms with Crippen molar-refractivity contribution in [3.05, 3.63) is 96.1 Å². The molecular weight excluding hydrogens is 1000 g/mol. The molecule has 4 aliphatic heterocycles. The van der Waals surface area contributed by atoms with Gasteiger partial charge in [-0.3, -0.25) is 9.59 Å². The fraction of sp³-hybridized carbons (Fsp3) is 0.551. The fourth-order valence-corrected chi connectivity index (χ4v) is 9.07. The van der Waals surface area contributed by atoms with Crippen LogP contribution in [0.25, 0.3) is 0 Å². The van der Waals surface area contributed by atoms with Crippen molar-refractivity contribution in [3.63, 3.8) is 0 Å². The third-order valence-electron chi connectivity index (χ3n) is 12.8. The quantitative estimate of drug-likeness (QED) is 0.0516. The Bertz CT molecular complexity index is 2320. The predicted molar refractivity (Wildman–Crippen MR) is 248 cm³/mol. The van der Waals surface area contributed by atoms with Crippen molar-refractivity contribution in [1.29, 1.82) is 0 Å². The van der Waals surface area contributed by atoms with Crippen molar-refractivity contribution < 1.29 is 117 Å². The molecule has 26 heteroatoms. The lowest BCUT2D eigenvalue weighted by molar-refractivity contribution is -0.372. The molecule has 0 radical (unpaired) electrons. The average molecular weight is 1060 g/mol. The van der Waals surface area contributed by atoms with Gasteiger partial charge >= 0.3 is 11.9 Å². The second-order valence-electron chi connectivity index (χ2n) is 18.0. The van der Waals surface area contributed by atoms with E-state index in [4.69, 9.17) is 52.1 Å². The summed E-state index contributed by atoms with van der Waals surface area (Å²) < 4.78 is 65.2. The molecule has 0 bridgehead atoms. The number of methoxy groups -OCH3 is 1. The van der Waals surface area contributed by atoms with Crippen molar-refractivity contribution in [2.45, 2.75) is 150 Å². The van der Waals surface area contributed by atoms with E-state index in [0.29, 0.717) is 16.9 Å². The van der Waals surface area contributed by atoms with Gasteiger partial charge < -0.3 is 109 Å². The first-order valence-electron chi connectivity index (χ1n) is 23.7. The van der Waals surface area contributed by atoms with Crippen LogP contribution >= 0.6 is 0 Å². The van der Waals surface area contributed by atoms with Crippen molar-refractivity contribution in [2.75, 3.05) is 20.3 Å². The van der Waals surface area contributed by atoms with Crippen LogP contribution in [0.3, 0.4) is 0 Å². The number of aliphatic carboxylic acids is 2. The first-order valence-corrected chi connectivity index (χ1v) is 23.7. The number of amides is 2. The van der Waals surface area contributed by atoms with Crippen LogP contribution in [-0.2, 0) is 75.0 Å². The average Bonchev–Trinajstić information content (AvgIpc) is 3.39. The summed E-state index contributed by atoms with van der Waals surface area (Å²) in [6.07, 6.45) is -33.9. The number of carbonyl (C=O) groups excluding carboxylic acids is 2. The van der Waals surface area contributed by atoms with Crippen LogP contribution in [0.2, 0.25) is 0 Å². The summed E-state index contributed by atoms with van der Waals surface area (Å²) >= 11 is 0. The largest absolute Gasteiger partial charge is 0.497 e. The lowest BCUT2D eigenvalue weighted by atomic mass is 9.93. The molecule has 0 unspecified atom stereocenters. The molecule has 0 saturated carbocycles. The zero-order chi connectivity index (χ0) is 54.1. The van der Waals surface area contributed by atoms with Crippen LogP contribution in [-0.4, -0.2) is 213 Å². The molecule has 2 amide bonds. The Morgan fingerprint density at radius 3 is 1.39 bits per heavy atom. The van der Waals surface area contributed by atoms with E-state index in [2.05, 4.69) is 10.6 Å². The van der Waals surface area contributed by atoms with Crippen LogP contribution in [0.4, 0.5) is 0 Å². The van der Waals surface area contributed by atoms with E-state index in [0.717, 1.165) is 13.8 Å². The topological polar surface area (TPSA) is 376 Å². The molecule has 3 aromatic carbocycles. The maximum atomic E-state index is 13.4. The second-order valence-corrected chi connectivity index (χ2v) is 18.0. The van der Waals surface area contributed by atoms with Gasteiger partial charge in [-0.25, -0.2) is 9.59 Å². The van der Waals surface area contributed by atoms with Gasteiger partial charge in [-0.1, -0.05) is 60.7 Å². The molecule has 4 heterocycles. The Morgan fingerprint density at radius 1 is 0.493 bits per heavy atom. The molecule has 4 fully saturated rings. The molecule has 0 aromatic heterocycles. The van der Waals surface area contributed by atoms with Gasteiger partial charge in [-0.15, -0.1) is 0 Å². The molecule has 75 heavy (non-hydrogen) atoms. The van der Waals surface area contributed by atoms with Gasteiger partial charge in [0.05, 0.1) is 33.5 Å². The molecule has 26 nitrogen and oxygen atoms in total. The third kappa shape index (κ3) is 13.7. The Morgan fingerprint density at radius 2 is 0.920 bits per heavy atom. The van der Waals surface area contributed by atoms with Crippen LogP contribution in [0, 0.1) is 0 Å². The Hall–Kier alpha value is -5.50. The second kappa shape index (κ2) is 26.0. The maximum Gasteiger partial charge on any atom is 0.335 e. The highest BCUT2D eigenvalue weighted by molar-refractivity contribution is 5.75. The number of benzene rings is 3. The molecule has 4 saturated heterocycles. The number of hydrogen-bond acceptors (Lipinski definition) is 22. The first-order chi connectivity index (χ1) is 35.9. The standard InChI is InChI=1S/C49H62N2O24/c1-22(54)50-30-37(32(56)28(18-52)69-46(30)68-27-16-14-26(65-3)15-17-27)72-49-36(60)40(67-21-25-12-8-5-9-13-25)42(43(75-49)45(63)64)74-47-31(51-23(2)55)38(33(57)29(19-53)70-47)71-48-35(59)39(34(58)41(73-48)44(61)62)66-20-24-10-6-4-7-11-24/h4-17,28-43,46-49,52-53,56-60H,18-21H2,1-3H3,(H,50,54)(H,51,55)(H,61,62)(H,63,64)/t28-,29-,30-,31-,32+,33+,34+,35-,36-,37-,38-,39+,40-,41-,42+,43+,46-,47+,48-,49-/m1/s1. The van der Waals surface area contributed by atoms with Crippen molar-refractivity contribution >= 4 is 23.8 Å². The van der Waals surface area contributed by atoms with Gasteiger partial charge in [0.25, 0.3) is 0 Å². The molecule has 4 aliphatic rings. The number of rotatable bonds is 21. The van der Waals surface area contributed by atoms with Gasteiger partial charge in [-0.2, -0.15) is 0 Å². The molecule has 7 rings (SSSR count). The van der Waals surface area contributed by atoms with E-state index in [9.17, 15) is 65.1 Å². The number of hydrogen-bond donors (Lipinski definition) is 11. The van der Waals surface area contributed by atoms with Gasteiger partial charge in [0, 0.05) is 13.8 Å². The summed E-state index contributed by atoms with van der Waals surface area (Å²) in [6.45, 7) is -0.163. The summed E-state index contributed by atoms with van der Waals surface area (Å²) in [6, 6.07) is 19.8. The van der Waals surface area contributed by atoms with E-state index in [1.54, 1.807) is 72.8 Å². The normalized spacial score (nSPS) is 35.9. The molecule has 20 atom stereocenters. The number of carboxylic acid groups (broad SMARTS) is 2. The molecule has 3 aromatic rings. The van der Waals surface area contributed by atoms with Gasteiger partial charge in [0.2, 0.25) is 18.1 Å². The number of aliphatic hydroxyl groups excluding tert-OH is 7. The van der Waals surface area contributed by atoms with Crippen LogP contribution < -0.4 is 20.1 Å². The van der Waals surface area contributed by atoms with Crippen molar-refractivity contribution in [3.8, 4) is 11.5 Å². The van der Waals surface area contributed by atoms with Gasteiger partial charge in [-0.05, 0) is 35.4 Å². The summed E-state index contributed by atoms with van der Waals surface area (Å²) in [5, 5.41) is 105. The minimum absolute atomic E-state index is 0.186. The number of nitrogens with one attached hydrogen (secondary N) is 2. The number of ether oxygens (including phenoxy) is 11. The van der Waals surface area contributed by atoms with E-state index < -0.39 is 160 Å². The number of aliphatic hydroxyl groups is 7. The maximum absolute atomic E-state index is 13.4. The van der Waals surface area contributed by atoms with E-state index >= 15 is 0 Å². The van der Waals surface area contributed by atoms with E-state index in [1.165, 1.54) is 19.2 Å². The molecule has 0 aliphatic carbocycles. The number of carboxylic acids is 2.